The van der Waals surface area contributed by atoms with E-state index in [-0.39, 0.29) is 36.6 Å². The first-order valence-electron chi connectivity index (χ1n) is 10.4. The lowest BCUT2D eigenvalue weighted by molar-refractivity contribution is -0.154. The first kappa shape index (κ1) is 21.7. The van der Waals surface area contributed by atoms with Crippen LogP contribution in [0.3, 0.4) is 0 Å². The number of hydrogen-bond acceptors (Lipinski definition) is 5. The Morgan fingerprint density at radius 1 is 1.03 bits per heavy atom. The van der Waals surface area contributed by atoms with Crippen LogP contribution in [0.25, 0.3) is 0 Å². The zero-order valence-electron chi connectivity index (χ0n) is 17.6. The number of fused-ring (bicyclic) bond motifs is 1. The van der Waals surface area contributed by atoms with Gasteiger partial charge in [0.15, 0.2) is 6.10 Å². The van der Waals surface area contributed by atoms with E-state index in [4.69, 9.17) is 4.74 Å². The third kappa shape index (κ3) is 4.78. The summed E-state index contributed by atoms with van der Waals surface area (Å²) in [5.74, 6) is -1.75. The van der Waals surface area contributed by atoms with Crippen LogP contribution >= 0.6 is 0 Å². The second kappa shape index (κ2) is 9.24. The van der Waals surface area contributed by atoms with Crippen molar-refractivity contribution in [1.29, 1.82) is 0 Å². The van der Waals surface area contributed by atoms with Crippen LogP contribution in [0.2, 0.25) is 0 Å². The molecule has 0 unspecified atom stereocenters. The summed E-state index contributed by atoms with van der Waals surface area (Å²) in [7, 11) is 0. The molecule has 1 N–H and O–H groups in total. The maximum absolute atomic E-state index is 12.4. The van der Waals surface area contributed by atoms with Crippen LogP contribution in [0, 0.1) is 11.8 Å². The Balaban J connectivity index is 1.46. The Labute approximate surface area is 176 Å². The van der Waals surface area contributed by atoms with E-state index in [0.29, 0.717) is 24.4 Å². The molecule has 0 bridgehead atoms. The Kier molecular flexibility index (Phi) is 6.70. The molecule has 3 rings (SSSR count). The smallest absolute Gasteiger partial charge is 0.308 e. The van der Waals surface area contributed by atoms with Crippen LogP contribution in [0.5, 0.6) is 0 Å². The third-order valence-electron chi connectivity index (χ3n) is 5.66. The predicted octanol–water partition coefficient (Wildman–Crippen LogP) is 3.02. The Bertz CT molecular complexity index is 833. The number of carbonyl (C=O) groups excluding carboxylic acids is 4. The normalized spacial score (nSPS) is 21.5. The number of rotatable bonds is 7. The van der Waals surface area contributed by atoms with Crippen LogP contribution in [-0.4, -0.2) is 41.2 Å². The lowest BCUT2D eigenvalue weighted by atomic mass is 9.85. The lowest BCUT2D eigenvalue weighted by Crippen LogP contribution is -2.35. The molecule has 3 atom stereocenters. The van der Waals surface area contributed by atoms with E-state index in [1.165, 1.54) is 6.92 Å². The van der Waals surface area contributed by atoms with Crippen LogP contribution in [-0.2, 0) is 23.9 Å². The van der Waals surface area contributed by atoms with E-state index in [1.54, 1.807) is 12.1 Å². The quantitative estimate of drug-likeness (QED) is 0.422. The van der Waals surface area contributed by atoms with E-state index in [2.05, 4.69) is 19.2 Å². The monoisotopic (exact) mass is 412 g/mol. The van der Waals surface area contributed by atoms with E-state index in [1.807, 2.05) is 24.3 Å². The van der Waals surface area contributed by atoms with Crippen LogP contribution in [0.4, 0.5) is 5.69 Å². The number of nitrogens with zero attached hydrogens (tertiary/aromatic N) is 1. The molecule has 1 heterocycles. The largest absolute Gasteiger partial charge is 0.452 e. The lowest BCUT2D eigenvalue weighted by Gasteiger charge is -2.16. The van der Waals surface area contributed by atoms with Gasteiger partial charge < -0.3 is 10.1 Å². The van der Waals surface area contributed by atoms with Gasteiger partial charge in [0.2, 0.25) is 11.8 Å². The molecule has 7 heteroatoms. The fraction of sp³-hybridized carbons (Fsp3) is 0.478. The summed E-state index contributed by atoms with van der Waals surface area (Å²) in [5, 5.41) is 2.72. The summed E-state index contributed by atoms with van der Waals surface area (Å²) in [5.41, 5.74) is 1.78. The average molecular weight is 412 g/mol. The fourth-order valence-electron chi connectivity index (χ4n) is 3.80. The maximum Gasteiger partial charge on any atom is 0.308 e. The summed E-state index contributed by atoms with van der Waals surface area (Å²) in [6.07, 6.45) is 3.84. The summed E-state index contributed by atoms with van der Waals surface area (Å²) in [6.45, 7) is 5.64. The van der Waals surface area contributed by atoms with Crippen molar-refractivity contribution in [1.82, 2.24) is 4.90 Å². The highest BCUT2D eigenvalue weighted by Crippen LogP contribution is 2.35. The summed E-state index contributed by atoms with van der Waals surface area (Å²) in [4.78, 5) is 50.4. The molecule has 2 aliphatic rings. The Morgan fingerprint density at radius 2 is 1.60 bits per heavy atom. The summed E-state index contributed by atoms with van der Waals surface area (Å²) < 4.78 is 5.18. The molecule has 160 valence electrons. The first-order chi connectivity index (χ1) is 14.3. The highest BCUT2D eigenvalue weighted by molar-refractivity contribution is 6.05. The second-order valence-electron chi connectivity index (χ2n) is 8.13. The number of allylic oxidation sites excluding steroid dienone is 2. The van der Waals surface area contributed by atoms with Crippen molar-refractivity contribution in [2.75, 3.05) is 11.9 Å². The molecule has 1 aromatic rings. The number of nitrogens with one attached hydrogen (secondary N) is 1. The Hall–Kier alpha value is -2.96. The summed E-state index contributed by atoms with van der Waals surface area (Å²) in [6, 6.07) is 7.49. The number of likely N-dealkylation sites (tertiary alicyclic amines) is 1. The summed E-state index contributed by atoms with van der Waals surface area (Å²) >= 11 is 0. The van der Waals surface area contributed by atoms with Crippen molar-refractivity contribution in [2.24, 2.45) is 11.8 Å². The fourth-order valence-corrected chi connectivity index (χ4v) is 3.80. The molecule has 0 aromatic heterocycles. The van der Waals surface area contributed by atoms with E-state index in [9.17, 15) is 19.2 Å². The molecule has 1 aromatic carbocycles. The molecule has 0 radical (unpaired) electrons. The van der Waals surface area contributed by atoms with Crippen LogP contribution < -0.4 is 5.32 Å². The van der Waals surface area contributed by atoms with Gasteiger partial charge in [0.25, 0.3) is 5.91 Å². The van der Waals surface area contributed by atoms with Gasteiger partial charge in [0.1, 0.15) is 0 Å². The zero-order valence-corrected chi connectivity index (χ0v) is 17.6. The highest BCUT2D eigenvalue weighted by atomic mass is 16.5. The van der Waals surface area contributed by atoms with Gasteiger partial charge in [-0.25, -0.2) is 0 Å². The van der Waals surface area contributed by atoms with Crippen molar-refractivity contribution in [2.45, 2.75) is 52.1 Å². The van der Waals surface area contributed by atoms with Gasteiger partial charge in [-0.2, -0.15) is 0 Å². The molecule has 0 spiro atoms. The number of carbonyl (C=O) groups is 4. The van der Waals surface area contributed by atoms with Gasteiger partial charge in [0, 0.05) is 12.2 Å². The predicted molar refractivity (Wildman–Crippen MR) is 111 cm³/mol. The minimum Gasteiger partial charge on any atom is -0.452 e. The number of ether oxygens (including phenoxy) is 1. The highest BCUT2D eigenvalue weighted by Gasteiger charge is 2.47. The third-order valence-corrected chi connectivity index (χ3v) is 5.66. The van der Waals surface area contributed by atoms with Crippen molar-refractivity contribution in [3.05, 3.63) is 42.0 Å². The second-order valence-corrected chi connectivity index (χ2v) is 8.13. The molecular weight excluding hydrogens is 384 g/mol. The van der Waals surface area contributed by atoms with Gasteiger partial charge in [-0.05, 0) is 43.4 Å². The average Bonchev–Trinajstić information content (AvgIpc) is 2.97. The minimum absolute atomic E-state index is 0.0193. The first-order valence-corrected chi connectivity index (χ1v) is 10.4. The Morgan fingerprint density at radius 3 is 2.13 bits per heavy atom. The number of imide groups is 1. The standard InChI is InChI=1S/C23H28N2O5/c1-14(2)16-8-10-17(11-9-16)24-21(27)15(3)30-20(26)12-13-25-22(28)18-6-4-5-7-19(18)23(25)29/h4-5,8-11,14-15,18-19H,6-7,12-13H2,1-3H3,(H,24,27)/t15-,18-,19+/m0/s1. The molecule has 0 saturated carbocycles. The topological polar surface area (TPSA) is 92.8 Å². The number of benzene rings is 1. The van der Waals surface area contributed by atoms with Crippen molar-refractivity contribution in [3.63, 3.8) is 0 Å². The van der Waals surface area contributed by atoms with Gasteiger partial charge in [-0.3, -0.25) is 24.1 Å². The van der Waals surface area contributed by atoms with E-state index >= 15 is 0 Å². The molecule has 1 aliphatic heterocycles. The van der Waals surface area contributed by atoms with Gasteiger partial charge in [0.05, 0.1) is 18.3 Å². The number of hydrogen-bond donors (Lipinski definition) is 1. The van der Waals surface area contributed by atoms with Crippen molar-refractivity contribution < 1.29 is 23.9 Å². The zero-order chi connectivity index (χ0) is 21.8. The number of amides is 3. The van der Waals surface area contributed by atoms with Gasteiger partial charge in [-0.1, -0.05) is 38.1 Å². The molecule has 3 amide bonds. The maximum atomic E-state index is 12.4. The van der Waals surface area contributed by atoms with Crippen LogP contribution in [0.15, 0.2) is 36.4 Å². The van der Waals surface area contributed by atoms with Crippen molar-refractivity contribution in [3.8, 4) is 0 Å². The minimum atomic E-state index is -0.987. The molecule has 1 saturated heterocycles. The number of esters is 1. The van der Waals surface area contributed by atoms with Crippen LogP contribution in [0.1, 0.15) is 51.5 Å². The molecule has 7 nitrogen and oxygen atoms in total. The molecule has 30 heavy (non-hydrogen) atoms. The molecular formula is C23H28N2O5. The molecule has 1 aliphatic carbocycles. The van der Waals surface area contributed by atoms with Gasteiger partial charge >= 0.3 is 5.97 Å². The van der Waals surface area contributed by atoms with Crippen molar-refractivity contribution >= 4 is 29.4 Å². The van der Waals surface area contributed by atoms with Gasteiger partial charge in [-0.15, -0.1) is 0 Å². The SMILES string of the molecule is CC(C)c1ccc(NC(=O)[C@H](C)OC(=O)CCN2C(=O)[C@H]3CC=CC[C@H]3C2=O)cc1. The molecule has 1 fully saturated rings. The van der Waals surface area contributed by atoms with E-state index in [0.717, 1.165) is 10.5 Å². The number of anilines is 1. The van der Waals surface area contributed by atoms with E-state index < -0.39 is 18.0 Å².